The zero-order valence-electron chi connectivity index (χ0n) is 10.4. The first kappa shape index (κ1) is 14.0. The lowest BCUT2D eigenvalue weighted by Crippen LogP contribution is -2.16. The first-order chi connectivity index (χ1) is 9.37. The standard InChI is InChI=1S/C14H11F3O3/c1-19-13-7-10(6-11(18)8-13)9-2-4-12(5-3-9)20-14(15,16)17/h2-8,18H,1H3. The minimum Gasteiger partial charge on any atom is -0.508 e. The van der Waals surface area contributed by atoms with Crippen LogP contribution in [0.4, 0.5) is 13.2 Å². The molecule has 0 saturated heterocycles. The predicted molar refractivity (Wildman–Crippen MR) is 66.8 cm³/mol. The molecule has 0 aliphatic carbocycles. The molecule has 6 heteroatoms. The fourth-order valence-corrected chi connectivity index (χ4v) is 1.72. The lowest BCUT2D eigenvalue weighted by Gasteiger charge is -2.10. The summed E-state index contributed by atoms with van der Waals surface area (Å²) in [5, 5.41) is 9.54. The predicted octanol–water partition coefficient (Wildman–Crippen LogP) is 3.97. The second-order valence-corrected chi connectivity index (χ2v) is 3.99. The number of hydrogen-bond donors (Lipinski definition) is 1. The van der Waals surface area contributed by atoms with Crippen molar-refractivity contribution < 1.29 is 27.8 Å². The zero-order valence-corrected chi connectivity index (χ0v) is 10.4. The van der Waals surface area contributed by atoms with E-state index in [1.807, 2.05) is 0 Å². The summed E-state index contributed by atoms with van der Waals surface area (Å²) in [5.41, 5.74) is 1.26. The Hall–Kier alpha value is -2.37. The van der Waals surface area contributed by atoms with E-state index in [0.29, 0.717) is 16.9 Å². The second kappa shape index (κ2) is 5.32. The molecule has 0 spiro atoms. The third kappa shape index (κ3) is 3.57. The van der Waals surface area contributed by atoms with E-state index in [9.17, 15) is 18.3 Å². The molecule has 0 aromatic heterocycles. The number of aromatic hydroxyl groups is 1. The van der Waals surface area contributed by atoms with Gasteiger partial charge in [0.15, 0.2) is 0 Å². The smallest absolute Gasteiger partial charge is 0.508 e. The molecule has 1 N–H and O–H groups in total. The van der Waals surface area contributed by atoms with Gasteiger partial charge in [-0.1, -0.05) is 12.1 Å². The molecule has 2 rings (SSSR count). The highest BCUT2D eigenvalue weighted by molar-refractivity contribution is 5.67. The van der Waals surface area contributed by atoms with Crippen LogP contribution in [0.3, 0.4) is 0 Å². The van der Waals surface area contributed by atoms with Gasteiger partial charge in [-0.3, -0.25) is 0 Å². The fraction of sp³-hybridized carbons (Fsp3) is 0.143. The Bertz CT molecular complexity index is 592. The summed E-state index contributed by atoms with van der Waals surface area (Å²) >= 11 is 0. The van der Waals surface area contributed by atoms with Crippen LogP contribution in [0.1, 0.15) is 0 Å². The van der Waals surface area contributed by atoms with Crippen LogP contribution in [0.2, 0.25) is 0 Å². The van der Waals surface area contributed by atoms with Crippen molar-refractivity contribution >= 4 is 0 Å². The van der Waals surface area contributed by atoms with E-state index in [4.69, 9.17) is 4.74 Å². The molecule has 0 unspecified atom stereocenters. The molecule has 0 amide bonds. The molecule has 0 heterocycles. The fourth-order valence-electron chi connectivity index (χ4n) is 1.72. The quantitative estimate of drug-likeness (QED) is 0.927. The van der Waals surface area contributed by atoms with E-state index in [-0.39, 0.29) is 11.5 Å². The molecular formula is C14H11F3O3. The Morgan fingerprint density at radius 2 is 1.55 bits per heavy atom. The zero-order chi connectivity index (χ0) is 14.8. The summed E-state index contributed by atoms with van der Waals surface area (Å²) < 4.78 is 44.9. The topological polar surface area (TPSA) is 38.7 Å². The van der Waals surface area contributed by atoms with Crippen LogP contribution in [0, 0.1) is 0 Å². The van der Waals surface area contributed by atoms with Crippen LogP contribution in [0.25, 0.3) is 11.1 Å². The number of hydrogen-bond acceptors (Lipinski definition) is 3. The molecule has 0 fully saturated rings. The van der Waals surface area contributed by atoms with Gasteiger partial charge in [-0.15, -0.1) is 13.2 Å². The van der Waals surface area contributed by atoms with E-state index in [0.717, 1.165) is 0 Å². The van der Waals surface area contributed by atoms with Crippen molar-refractivity contribution in [2.75, 3.05) is 7.11 Å². The van der Waals surface area contributed by atoms with Gasteiger partial charge in [0, 0.05) is 6.07 Å². The van der Waals surface area contributed by atoms with Gasteiger partial charge >= 0.3 is 6.36 Å². The maximum Gasteiger partial charge on any atom is 0.573 e. The Kier molecular flexibility index (Phi) is 3.74. The van der Waals surface area contributed by atoms with Crippen molar-refractivity contribution in [1.29, 1.82) is 0 Å². The minimum absolute atomic E-state index is 0.00923. The third-order valence-electron chi connectivity index (χ3n) is 2.55. The van der Waals surface area contributed by atoms with E-state index >= 15 is 0 Å². The van der Waals surface area contributed by atoms with E-state index in [1.165, 1.54) is 43.5 Å². The van der Waals surface area contributed by atoms with E-state index in [2.05, 4.69) is 4.74 Å². The first-order valence-electron chi connectivity index (χ1n) is 5.61. The van der Waals surface area contributed by atoms with Crippen molar-refractivity contribution in [2.45, 2.75) is 6.36 Å². The number of alkyl halides is 3. The monoisotopic (exact) mass is 284 g/mol. The van der Waals surface area contributed by atoms with Crippen LogP contribution in [-0.2, 0) is 0 Å². The van der Waals surface area contributed by atoms with Crippen LogP contribution >= 0.6 is 0 Å². The molecule has 0 atom stereocenters. The lowest BCUT2D eigenvalue weighted by molar-refractivity contribution is -0.274. The number of rotatable bonds is 3. The summed E-state index contributed by atoms with van der Waals surface area (Å²) in [6.45, 7) is 0. The molecule has 20 heavy (non-hydrogen) atoms. The maximum atomic E-state index is 12.0. The summed E-state index contributed by atoms with van der Waals surface area (Å²) in [6.07, 6.45) is -4.71. The molecule has 0 aliphatic heterocycles. The van der Waals surface area contributed by atoms with Crippen LogP contribution < -0.4 is 9.47 Å². The van der Waals surface area contributed by atoms with Gasteiger partial charge in [0.05, 0.1) is 7.11 Å². The van der Waals surface area contributed by atoms with Crippen LogP contribution in [-0.4, -0.2) is 18.6 Å². The van der Waals surface area contributed by atoms with Crippen molar-refractivity contribution in [2.24, 2.45) is 0 Å². The average Bonchev–Trinajstić information content (AvgIpc) is 2.37. The molecule has 2 aromatic rings. The molecule has 0 bridgehead atoms. The van der Waals surface area contributed by atoms with Gasteiger partial charge in [-0.05, 0) is 35.4 Å². The van der Waals surface area contributed by atoms with E-state index in [1.54, 1.807) is 6.07 Å². The number of benzene rings is 2. The van der Waals surface area contributed by atoms with Crippen molar-refractivity contribution in [3.8, 4) is 28.4 Å². The second-order valence-electron chi connectivity index (χ2n) is 3.99. The molecule has 0 radical (unpaired) electrons. The number of methoxy groups -OCH3 is 1. The molecule has 2 aromatic carbocycles. The van der Waals surface area contributed by atoms with Crippen molar-refractivity contribution in [3.05, 3.63) is 42.5 Å². The first-order valence-corrected chi connectivity index (χ1v) is 5.61. The SMILES string of the molecule is COc1cc(O)cc(-c2ccc(OC(F)(F)F)cc2)c1. The number of ether oxygens (including phenoxy) is 2. The Morgan fingerprint density at radius 3 is 2.10 bits per heavy atom. The number of phenols is 1. The molecular weight excluding hydrogens is 273 g/mol. The van der Waals surface area contributed by atoms with Crippen LogP contribution in [0.5, 0.6) is 17.2 Å². The van der Waals surface area contributed by atoms with Gasteiger partial charge in [0.1, 0.15) is 17.2 Å². The Labute approximate surface area is 113 Å². The number of phenolic OH excluding ortho intramolecular Hbond substituents is 1. The molecule has 0 saturated carbocycles. The van der Waals surface area contributed by atoms with Gasteiger partial charge in [-0.25, -0.2) is 0 Å². The molecule has 0 aliphatic rings. The summed E-state index contributed by atoms with van der Waals surface area (Å²) in [7, 11) is 1.46. The van der Waals surface area contributed by atoms with Gasteiger partial charge < -0.3 is 14.6 Å². The maximum absolute atomic E-state index is 12.0. The van der Waals surface area contributed by atoms with Crippen molar-refractivity contribution in [1.82, 2.24) is 0 Å². The molecule has 3 nitrogen and oxygen atoms in total. The average molecular weight is 284 g/mol. The van der Waals surface area contributed by atoms with Crippen LogP contribution in [0.15, 0.2) is 42.5 Å². The minimum atomic E-state index is -4.71. The summed E-state index contributed by atoms with van der Waals surface area (Å²) in [5.74, 6) is 0.166. The summed E-state index contributed by atoms with van der Waals surface area (Å²) in [6, 6.07) is 9.94. The van der Waals surface area contributed by atoms with Gasteiger partial charge in [0.2, 0.25) is 0 Å². The normalized spacial score (nSPS) is 11.2. The highest BCUT2D eigenvalue weighted by Gasteiger charge is 2.30. The van der Waals surface area contributed by atoms with Gasteiger partial charge in [0.25, 0.3) is 0 Å². The number of halogens is 3. The molecule has 106 valence electrons. The Morgan fingerprint density at radius 1 is 0.900 bits per heavy atom. The third-order valence-corrected chi connectivity index (χ3v) is 2.55. The Balaban J connectivity index is 2.28. The highest BCUT2D eigenvalue weighted by atomic mass is 19.4. The summed E-state index contributed by atoms with van der Waals surface area (Å²) in [4.78, 5) is 0. The van der Waals surface area contributed by atoms with Crippen molar-refractivity contribution in [3.63, 3.8) is 0 Å². The van der Waals surface area contributed by atoms with E-state index < -0.39 is 6.36 Å². The lowest BCUT2D eigenvalue weighted by atomic mass is 10.0. The highest BCUT2D eigenvalue weighted by Crippen LogP contribution is 2.31. The van der Waals surface area contributed by atoms with Gasteiger partial charge in [-0.2, -0.15) is 0 Å². The largest absolute Gasteiger partial charge is 0.573 e.